The molecule has 0 aliphatic carbocycles. The highest BCUT2D eigenvalue weighted by atomic mass is 32.2. The van der Waals surface area contributed by atoms with Gasteiger partial charge in [-0.15, -0.1) is 0 Å². The lowest BCUT2D eigenvalue weighted by Crippen LogP contribution is -1.89. The van der Waals surface area contributed by atoms with Crippen molar-refractivity contribution in [3.63, 3.8) is 0 Å². The number of rotatable bonds is 3. The molecule has 1 N–H and O–H groups in total. The molecule has 0 atom stereocenters. The fourth-order valence-corrected chi connectivity index (χ4v) is 1.88. The maximum Gasteiger partial charge on any atom is 0.192 e. The van der Waals surface area contributed by atoms with Crippen LogP contribution in [0.5, 0.6) is 0 Å². The van der Waals surface area contributed by atoms with Crippen LogP contribution in [0.1, 0.15) is 5.56 Å². The maximum atomic E-state index is 13.5. The smallest absolute Gasteiger partial charge is 0.192 e. The number of hydrogen-bond donors (Lipinski definition) is 1. The van der Waals surface area contributed by atoms with Crippen LogP contribution in [0.4, 0.5) is 4.39 Å². The van der Waals surface area contributed by atoms with E-state index < -0.39 is 0 Å². The van der Waals surface area contributed by atoms with Gasteiger partial charge < -0.3 is 5.11 Å². The molecule has 3 nitrogen and oxygen atoms in total. The van der Waals surface area contributed by atoms with Crippen molar-refractivity contribution in [3.8, 4) is 0 Å². The highest BCUT2D eigenvalue weighted by Gasteiger charge is 2.06. The highest BCUT2D eigenvalue weighted by molar-refractivity contribution is 7.99. The van der Waals surface area contributed by atoms with Gasteiger partial charge in [0.15, 0.2) is 5.16 Å². The SMILES string of the molecule is OCc1ccc(Sc2ncccn2)c(F)c1. The first-order valence-corrected chi connectivity index (χ1v) is 5.45. The Morgan fingerprint density at radius 3 is 2.62 bits per heavy atom. The fourth-order valence-electron chi connectivity index (χ4n) is 1.16. The van der Waals surface area contributed by atoms with Gasteiger partial charge in [0.1, 0.15) is 5.82 Å². The van der Waals surface area contributed by atoms with E-state index in [1.165, 1.54) is 6.07 Å². The fraction of sp³-hybridized carbons (Fsp3) is 0.0909. The predicted molar refractivity (Wildman–Crippen MR) is 58.5 cm³/mol. The minimum atomic E-state index is -0.371. The minimum absolute atomic E-state index is 0.163. The number of halogens is 1. The summed E-state index contributed by atoms with van der Waals surface area (Å²) < 4.78 is 13.5. The molecule has 1 aromatic heterocycles. The zero-order chi connectivity index (χ0) is 11.4. The van der Waals surface area contributed by atoms with E-state index >= 15 is 0 Å². The van der Waals surface area contributed by atoms with E-state index in [1.54, 1.807) is 30.6 Å². The van der Waals surface area contributed by atoms with Crippen molar-refractivity contribution in [2.24, 2.45) is 0 Å². The molecule has 82 valence electrons. The first kappa shape index (κ1) is 11.0. The molecule has 1 aromatic carbocycles. The van der Waals surface area contributed by atoms with Gasteiger partial charge in [-0.1, -0.05) is 6.07 Å². The topological polar surface area (TPSA) is 46.0 Å². The van der Waals surface area contributed by atoms with Crippen LogP contribution >= 0.6 is 11.8 Å². The van der Waals surface area contributed by atoms with E-state index in [4.69, 9.17) is 5.11 Å². The number of aromatic nitrogens is 2. The van der Waals surface area contributed by atoms with Crippen LogP contribution in [0.15, 0.2) is 46.7 Å². The molecule has 0 fully saturated rings. The number of aliphatic hydroxyl groups excluding tert-OH is 1. The zero-order valence-corrected chi connectivity index (χ0v) is 9.12. The molecular weight excluding hydrogens is 227 g/mol. The van der Waals surface area contributed by atoms with Crippen LogP contribution in [0.25, 0.3) is 0 Å². The molecule has 0 spiro atoms. The molecule has 2 aromatic rings. The first-order chi connectivity index (χ1) is 7.79. The summed E-state index contributed by atoms with van der Waals surface area (Å²) in [7, 11) is 0. The summed E-state index contributed by atoms with van der Waals surface area (Å²) in [4.78, 5) is 8.43. The van der Waals surface area contributed by atoms with E-state index in [1.807, 2.05) is 0 Å². The van der Waals surface area contributed by atoms with Gasteiger partial charge in [0.2, 0.25) is 0 Å². The summed E-state index contributed by atoms with van der Waals surface area (Å²) >= 11 is 1.15. The second-order valence-corrected chi connectivity index (χ2v) is 4.07. The first-order valence-electron chi connectivity index (χ1n) is 4.64. The van der Waals surface area contributed by atoms with Gasteiger partial charge in [-0.05, 0) is 35.5 Å². The molecule has 2 rings (SSSR count). The van der Waals surface area contributed by atoms with E-state index in [2.05, 4.69) is 9.97 Å². The van der Waals surface area contributed by atoms with Crippen LogP contribution < -0.4 is 0 Å². The third kappa shape index (κ3) is 2.56. The summed E-state index contributed by atoms with van der Waals surface area (Å²) in [6.07, 6.45) is 3.21. The number of nitrogens with zero attached hydrogens (tertiary/aromatic N) is 2. The van der Waals surface area contributed by atoms with Crippen molar-refractivity contribution < 1.29 is 9.50 Å². The predicted octanol–water partition coefficient (Wildman–Crippen LogP) is 2.26. The normalized spacial score (nSPS) is 10.4. The third-order valence-corrected chi connectivity index (χ3v) is 2.87. The van der Waals surface area contributed by atoms with Crippen molar-refractivity contribution >= 4 is 11.8 Å². The van der Waals surface area contributed by atoms with Crippen LogP contribution in [0.3, 0.4) is 0 Å². The Hall–Kier alpha value is -1.46. The van der Waals surface area contributed by atoms with Gasteiger partial charge in [0.05, 0.1) is 11.5 Å². The Bertz CT molecular complexity index is 479. The van der Waals surface area contributed by atoms with Gasteiger partial charge in [-0.2, -0.15) is 0 Å². The summed E-state index contributed by atoms with van der Waals surface area (Å²) in [5.41, 5.74) is 0.552. The molecule has 0 amide bonds. The molecule has 0 aliphatic rings. The average molecular weight is 236 g/mol. The summed E-state index contributed by atoms with van der Waals surface area (Å²) in [6.45, 7) is -0.163. The van der Waals surface area contributed by atoms with Gasteiger partial charge in [-0.3, -0.25) is 0 Å². The lowest BCUT2D eigenvalue weighted by molar-refractivity contribution is 0.281. The van der Waals surface area contributed by atoms with Gasteiger partial charge >= 0.3 is 0 Å². The van der Waals surface area contributed by atoms with E-state index in [0.717, 1.165) is 11.8 Å². The largest absolute Gasteiger partial charge is 0.392 e. The molecule has 0 saturated carbocycles. The Morgan fingerprint density at radius 2 is 2.00 bits per heavy atom. The summed E-state index contributed by atoms with van der Waals surface area (Å²) in [6, 6.07) is 6.30. The molecule has 0 bridgehead atoms. The number of benzene rings is 1. The van der Waals surface area contributed by atoms with Crippen molar-refractivity contribution in [1.82, 2.24) is 9.97 Å². The van der Waals surface area contributed by atoms with E-state index in [-0.39, 0.29) is 12.4 Å². The zero-order valence-electron chi connectivity index (χ0n) is 8.30. The minimum Gasteiger partial charge on any atom is -0.392 e. The van der Waals surface area contributed by atoms with Gasteiger partial charge in [0.25, 0.3) is 0 Å². The monoisotopic (exact) mass is 236 g/mol. The third-order valence-electron chi connectivity index (χ3n) is 1.92. The number of aliphatic hydroxyl groups is 1. The highest BCUT2D eigenvalue weighted by Crippen LogP contribution is 2.27. The van der Waals surface area contributed by atoms with Gasteiger partial charge in [0, 0.05) is 12.4 Å². The van der Waals surface area contributed by atoms with Crippen LogP contribution in [-0.4, -0.2) is 15.1 Å². The van der Waals surface area contributed by atoms with Gasteiger partial charge in [-0.25, -0.2) is 14.4 Å². The maximum absolute atomic E-state index is 13.5. The standard InChI is InChI=1S/C11H9FN2OS/c12-9-6-8(7-15)2-3-10(9)16-11-13-4-1-5-14-11/h1-6,15H,7H2. The van der Waals surface area contributed by atoms with Crippen molar-refractivity contribution in [2.75, 3.05) is 0 Å². The van der Waals surface area contributed by atoms with Crippen LogP contribution in [0.2, 0.25) is 0 Å². The molecule has 16 heavy (non-hydrogen) atoms. The van der Waals surface area contributed by atoms with Crippen molar-refractivity contribution in [2.45, 2.75) is 16.7 Å². The molecule has 5 heteroatoms. The molecular formula is C11H9FN2OS. The second-order valence-electron chi connectivity index (χ2n) is 3.06. The second kappa shape index (κ2) is 5.05. The molecule has 1 heterocycles. The quantitative estimate of drug-likeness (QED) is 0.830. The average Bonchev–Trinajstić information content (AvgIpc) is 2.33. The summed E-state index contributed by atoms with van der Waals surface area (Å²) in [5.74, 6) is -0.371. The van der Waals surface area contributed by atoms with Crippen LogP contribution in [0, 0.1) is 5.82 Å². The van der Waals surface area contributed by atoms with E-state index in [9.17, 15) is 4.39 Å². The lowest BCUT2D eigenvalue weighted by atomic mass is 10.2. The molecule has 0 unspecified atom stereocenters. The van der Waals surface area contributed by atoms with Crippen molar-refractivity contribution in [1.29, 1.82) is 0 Å². The number of hydrogen-bond acceptors (Lipinski definition) is 4. The Morgan fingerprint density at radius 1 is 1.25 bits per heavy atom. The Kier molecular flexibility index (Phi) is 3.48. The molecule has 0 saturated heterocycles. The van der Waals surface area contributed by atoms with Crippen molar-refractivity contribution in [3.05, 3.63) is 48.0 Å². The Balaban J connectivity index is 2.22. The molecule has 0 aliphatic heterocycles. The van der Waals surface area contributed by atoms with E-state index in [0.29, 0.717) is 15.6 Å². The Labute approximate surface area is 96.4 Å². The lowest BCUT2D eigenvalue weighted by Gasteiger charge is -2.03. The summed E-state index contributed by atoms with van der Waals surface area (Å²) in [5, 5.41) is 9.34. The van der Waals surface area contributed by atoms with Crippen LogP contribution in [-0.2, 0) is 6.61 Å². The molecule has 0 radical (unpaired) electrons.